The number of piperidine rings is 1. The number of halogens is 2. The molecule has 1 saturated heterocycles. The predicted octanol–water partition coefficient (Wildman–Crippen LogP) is 4.12. The number of carbonyl (C=O) groups excluding carboxylic acids is 2. The highest BCUT2D eigenvalue weighted by molar-refractivity contribution is 5.81. The first kappa shape index (κ1) is 24.6. The lowest BCUT2D eigenvalue weighted by molar-refractivity contribution is -0.170. The van der Waals surface area contributed by atoms with Crippen molar-refractivity contribution in [3.63, 3.8) is 0 Å². The topological polar surface area (TPSA) is 95.9 Å². The molecule has 186 valence electrons. The van der Waals surface area contributed by atoms with E-state index < -0.39 is 48.7 Å². The van der Waals surface area contributed by atoms with Crippen LogP contribution >= 0.6 is 0 Å². The lowest BCUT2D eigenvalue weighted by Crippen LogP contribution is -2.53. The van der Waals surface area contributed by atoms with Crippen LogP contribution in [-0.2, 0) is 14.3 Å². The van der Waals surface area contributed by atoms with Crippen molar-refractivity contribution in [3.05, 3.63) is 59.7 Å². The molecule has 2 unspecified atom stereocenters. The number of alkyl carbamates (subject to hydrolysis) is 1. The normalized spacial score (nSPS) is 19.4. The monoisotopic (exact) mass is 486 g/mol. The van der Waals surface area contributed by atoms with E-state index >= 15 is 0 Å². The van der Waals surface area contributed by atoms with Gasteiger partial charge >= 0.3 is 12.1 Å². The lowest BCUT2D eigenvalue weighted by atomic mass is 9.92. The van der Waals surface area contributed by atoms with E-state index in [1.807, 2.05) is 36.4 Å². The number of hydrogen-bond acceptors (Lipinski definition) is 4. The highest BCUT2D eigenvalue weighted by atomic mass is 19.3. The molecule has 7 nitrogen and oxygen atoms in total. The van der Waals surface area contributed by atoms with E-state index in [9.17, 15) is 23.2 Å². The zero-order valence-corrected chi connectivity index (χ0v) is 19.4. The van der Waals surface area contributed by atoms with Gasteiger partial charge in [-0.25, -0.2) is 13.6 Å². The van der Waals surface area contributed by atoms with Crippen LogP contribution in [0.1, 0.15) is 36.8 Å². The van der Waals surface area contributed by atoms with E-state index in [2.05, 4.69) is 17.4 Å². The average Bonchev–Trinajstić information content (AvgIpc) is 3.15. The van der Waals surface area contributed by atoms with Gasteiger partial charge in [0.25, 0.3) is 5.92 Å². The maximum atomic E-state index is 13.8. The smallest absolute Gasteiger partial charge is 0.407 e. The Labute approximate surface area is 202 Å². The van der Waals surface area contributed by atoms with Gasteiger partial charge in [0.15, 0.2) is 0 Å². The molecule has 2 atom stereocenters. The first-order valence-corrected chi connectivity index (χ1v) is 11.7. The van der Waals surface area contributed by atoms with Crippen molar-refractivity contribution in [1.29, 1.82) is 0 Å². The number of carbonyl (C=O) groups is 3. The first-order valence-electron chi connectivity index (χ1n) is 11.7. The minimum absolute atomic E-state index is 0.0620. The van der Waals surface area contributed by atoms with Gasteiger partial charge in [-0.1, -0.05) is 55.5 Å². The molecule has 2 N–H and O–H groups in total. The van der Waals surface area contributed by atoms with Crippen LogP contribution in [0.4, 0.5) is 13.6 Å². The SMILES string of the molecule is CC(CCNC(=O)OCC1c2ccccc2-c2ccccc21)C(=O)N1CCC(F)(F)C(C(=O)O)C1. The van der Waals surface area contributed by atoms with Crippen molar-refractivity contribution in [3.8, 4) is 11.1 Å². The van der Waals surface area contributed by atoms with Gasteiger partial charge in [-0.2, -0.15) is 0 Å². The number of carboxylic acid groups (broad SMARTS) is 1. The number of fused-ring (bicyclic) bond motifs is 3. The number of benzene rings is 2. The number of ether oxygens (including phenoxy) is 1. The summed E-state index contributed by atoms with van der Waals surface area (Å²) in [4.78, 5) is 37.3. The Morgan fingerprint density at radius 1 is 1.11 bits per heavy atom. The highest BCUT2D eigenvalue weighted by Gasteiger charge is 2.49. The molecule has 4 rings (SSSR count). The quantitative estimate of drug-likeness (QED) is 0.614. The zero-order valence-electron chi connectivity index (χ0n) is 19.4. The van der Waals surface area contributed by atoms with Gasteiger partial charge in [0.1, 0.15) is 12.5 Å². The largest absolute Gasteiger partial charge is 0.481 e. The van der Waals surface area contributed by atoms with Crippen LogP contribution in [0, 0.1) is 11.8 Å². The van der Waals surface area contributed by atoms with Crippen molar-refractivity contribution in [2.75, 3.05) is 26.2 Å². The van der Waals surface area contributed by atoms with Crippen LogP contribution in [0.2, 0.25) is 0 Å². The molecule has 2 aliphatic rings. The minimum atomic E-state index is -3.34. The Kier molecular flexibility index (Phi) is 7.05. The summed E-state index contributed by atoms with van der Waals surface area (Å²) < 4.78 is 33.1. The Hall–Kier alpha value is -3.49. The van der Waals surface area contributed by atoms with E-state index in [-0.39, 0.29) is 32.0 Å². The second-order valence-electron chi connectivity index (χ2n) is 9.13. The Morgan fingerprint density at radius 3 is 2.31 bits per heavy atom. The fourth-order valence-corrected chi connectivity index (χ4v) is 4.84. The van der Waals surface area contributed by atoms with E-state index in [0.717, 1.165) is 22.3 Å². The summed E-state index contributed by atoms with van der Waals surface area (Å²) in [5.41, 5.74) is 4.47. The molecule has 1 heterocycles. The fourth-order valence-electron chi connectivity index (χ4n) is 4.84. The molecule has 1 aliphatic carbocycles. The number of aliphatic carboxylic acids is 1. The van der Waals surface area contributed by atoms with Crippen molar-refractivity contribution in [2.45, 2.75) is 31.6 Å². The summed E-state index contributed by atoms with van der Waals surface area (Å²) in [6.07, 6.45) is -1.01. The molecule has 35 heavy (non-hydrogen) atoms. The molecule has 1 fully saturated rings. The number of hydrogen-bond donors (Lipinski definition) is 2. The summed E-state index contributed by atoms with van der Waals surface area (Å²) in [5, 5.41) is 11.7. The van der Waals surface area contributed by atoms with Gasteiger partial charge in [0.05, 0.1) is 0 Å². The number of rotatable bonds is 7. The predicted molar refractivity (Wildman–Crippen MR) is 124 cm³/mol. The summed E-state index contributed by atoms with van der Waals surface area (Å²) in [6.45, 7) is 1.25. The molecule has 2 amide bonds. The van der Waals surface area contributed by atoms with Gasteiger partial charge in [-0.05, 0) is 28.7 Å². The van der Waals surface area contributed by atoms with Crippen LogP contribution in [-0.4, -0.2) is 60.1 Å². The summed E-state index contributed by atoms with van der Waals surface area (Å²) >= 11 is 0. The second-order valence-corrected chi connectivity index (χ2v) is 9.13. The molecule has 0 bridgehead atoms. The third-order valence-electron chi connectivity index (χ3n) is 6.85. The maximum Gasteiger partial charge on any atom is 0.407 e. The van der Waals surface area contributed by atoms with Crippen LogP contribution < -0.4 is 5.32 Å². The average molecular weight is 487 g/mol. The van der Waals surface area contributed by atoms with E-state index in [4.69, 9.17) is 9.84 Å². The molecular formula is C26H28F2N2O5. The number of nitrogens with zero attached hydrogens (tertiary/aromatic N) is 1. The Morgan fingerprint density at radius 2 is 1.71 bits per heavy atom. The van der Waals surface area contributed by atoms with Crippen molar-refractivity contribution in [1.82, 2.24) is 10.2 Å². The van der Waals surface area contributed by atoms with Crippen molar-refractivity contribution < 1.29 is 33.0 Å². The maximum absolute atomic E-state index is 13.8. The summed E-state index contributed by atoms with van der Waals surface area (Å²) in [7, 11) is 0. The standard InChI is InChI=1S/C26H28F2N2O5/c1-16(23(31)30-13-11-26(27,28)22(14-30)24(32)33)10-12-29-25(34)35-15-21-19-8-4-2-6-17(19)18-7-3-5-9-20(18)21/h2-9,16,21-22H,10-15H2,1H3,(H,29,34)(H,32,33). The minimum Gasteiger partial charge on any atom is -0.481 e. The number of nitrogens with one attached hydrogen (secondary N) is 1. The second kappa shape index (κ2) is 10.0. The number of alkyl halides is 2. The van der Waals surface area contributed by atoms with Gasteiger partial charge in [-0.3, -0.25) is 9.59 Å². The molecule has 0 spiro atoms. The third-order valence-corrected chi connectivity index (χ3v) is 6.85. The van der Waals surface area contributed by atoms with Crippen molar-refractivity contribution >= 4 is 18.0 Å². The van der Waals surface area contributed by atoms with E-state index in [0.29, 0.717) is 0 Å². The lowest BCUT2D eigenvalue weighted by Gasteiger charge is -2.37. The number of likely N-dealkylation sites (tertiary alicyclic amines) is 1. The Balaban J connectivity index is 1.25. The molecule has 2 aromatic carbocycles. The van der Waals surface area contributed by atoms with Crippen LogP contribution in [0.3, 0.4) is 0 Å². The molecule has 9 heteroatoms. The van der Waals surface area contributed by atoms with Gasteiger partial charge in [0.2, 0.25) is 5.91 Å². The Bertz CT molecular complexity index is 1080. The fraction of sp³-hybridized carbons (Fsp3) is 0.423. The van der Waals surface area contributed by atoms with Gasteiger partial charge < -0.3 is 20.1 Å². The van der Waals surface area contributed by atoms with Crippen LogP contribution in [0.15, 0.2) is 48.5 Å². The number of amides is 2. The van der Waals surface area contributed by atoms with Gasteiger partial charge in [0, 0.05) is 37.9 Å². The molecule has 0 radical (unpaired) electrons. The molecule has 2 aromatic rings. The van der Waals surface area contributed by atoms with E-state index in [1.165, 1.54) is 4.90 Å². The van der Waals surface area contributed by atoms with Crippen LogP contribution in [0.5, 0.6) is 0 Å². The molecule has 0 saturated carbocycles. The molecular weight excluding hydrogens is 458 g/mol. The third kappa shape index (κ3) is 5.13. The highest BCUT2D eigenvalue weighted by Crippen LogP contribution is 2.44. The zero-order chi connectivity index (χ0) is 25.2. The molecule has 1 aliphatic heterocycles. The number of carboxylic acids is 1. The summed E-state index contributed by atoms with van der Waals surface area (Å²) in [6, 6.07) is 16.0. The molecule has 0 aromatic heterocycles. The first-order chi connectivity index (χ1) is 16.7. The van der Waals surface area contributed by atoms with Gasteiger partial charge in [-0.15, -0.1) is 0 Å². The van der Waals surface area contributed by atoms with Crippen LogP contribution in [0.25, 0.3) is 11.1 Å². The van der Waals surface area contributed by atoms with E-state index in [1.54, 1.807) is 6.92 Å². The van der Waals surface area contributed by atoms with Crippen molar-refractivity contribution in [2.24, 2.45) is 11.8 Å². The summed E-state index contributed by atoms with van der Waals surface area (Å²) in [5.74, 6) is -7.89.